The van der Waals surface area contributed by atoms with Crippen molar-refractivity contribution in [1.29, 1.82) is 0 Å². The molecule has 2 unspecified atom stereocenters. The molecule has 0 bridgehead atoms. The summed E-state index contributed by atoms with van der Waals surface area (Å²) in [6.07, 6.45) is 11.2. The van der Waals surface area contributed by atoms with Crippen molar-refractivity contribution in [2.45, 2.75) is 81.7 Å². The van der Waals surface area contributed by atoms with Crippen LogP contribution in [0.5, 0.6) is 0 Å². The lowest BCUT2D eigenvalue weighted by molar-refractivity contribution is -0.864. The predicted molar refractivity (Wildman–Crippen MR) is 203 cm³/mol. The first-order chi connectivity index (χ1) is 25.7. The number of anilines is 1. The molecule has 2 aliphatic rings. The molecule has 17 heteroatoms. The van der Waals surface area contributed by atoms with Crippen molar-refractivity contribution in [3.63, 3.8) is 0 Å². The van der Waals surface area contributed by atoms with Crippen LogP contribution in [0.15, 0.2) is 95.6 Å². The lowest BCUT2D eigenvalue weighted by Gasteiger charge is -2.27. The van der Waals surface area contributed by atoms with E-state index in [0.29, 0.717) is 42.5 Å². The van der Waals surface area contributed by atoms with E-state index in [1.165, 1.54) is 36.4 Å². The minimum Gasteiger partial charge on any atom is -0.481 e. The highest BCUT2D eigenvalue weighted by molar-refractivity contribution is 7.85. The number of benzene rings is 3. The molecule has 3 aromatic rings. The van der Waals surface area contributed by atoms with Gasteiger partial charge in [-0.3, -0.25) is 44.6 Å². The van der Waals surface area contributed by atoms with E-state index in [4.69, 9.17) is 5.11 Å². The number of nitro groups is 3. The van der Waals surface area contributed by atoms with Gasteiger partial charge in [0.1, 0.15) is 18.3 Å². The zero-order valence-electron chi connectivity index (χ0n) is 30.7. The van der Waals surface area contributed by atoms with E-state index in [-0.39, 0.29) is 29.6 Å². The van der Waals surface area contributed by atoms with Gasteiger partial charge in [0, 0.05) is 71.2 Å². The third-order valence-electron chi connectivity index (χ3n) is 10.4. The highest BCUT2D eigenvalue weighted by Gasteiger charge is 2.49. The smallest absolute Gasteiger partial charge is 0.303 e. The summed E-state index contributed by atoms with van der Waals surface area (Å²) in [4.78, 5) is 46.8. The topological polar surface area (TPSA) is 229 Å². The number of hydrogen-bond acceptors (Lipinski definition) is 10. The van der Waals surface area contributed by atoms with Crippen LogP contribution in [-0.4, -0.2) is 51.4 Å². The number of hydrogen-bond donors (Lipinski definition) is 3. The Labute approximate surface area is 317 Å². The average molecular weight is 777 g/mol. The molecule has 0 radical (unpaired) electrons. The monoisotopic (exact) mass is 776 g/mol. The first kappa shape index (κ1) is 40.4. The Bertz CT molecular complexity index is 2230. The number of rotatable bonds is 15. The molecule has 0 amide bonds. The van der Waals surface area contributed by atoms with Crippen LogP contribution in [-0.2, 0) is 32.3 Å². The number of carboxylic acid groups (broad SMARTS) is 1. The van der Waals surface area contributed by atoms with Gasteiger partial charge in [-0.15, -0.1) is 0 Å². The molecule has 3 N–H and O–H groups in total. The van der Waals surface area contributed by atoms with Crippen molar-refractivity contribution in [3.8, 4) is 0 Å². The Hall–Kier alpha value is -5.78. The molecular formula is C38H42N5O11S+. The van der Waals surface area contributed by atoms with Crippen molar-refractivity contribution in [2.75, 3.05) is 11.4 Å². The number of allylic oxidation sites excluding steroid dienone is 5. The van der Waals surface area contributed by atoms with Crippen molar-refractivity contribution in [2.24, 2.45) is 0 Å². The van der Waals surface area contributed by atoms with Crippen molar-refractivity contribution in [1.82, 2.24) is 0 Å². The summed E-state index contributed by atoms with van der Waals surface area (Å²) in [6.45, 7) is 8.40. The van der Waals surface area contributed by atoms with Gasteiger partial charge in [-0.2, -0.15) is 8.42 Å². The Morgan fingerprint density at radius 3 is 2.09 bits per heavy atom. The highest BCUT2D eigenvalue weighted by Crippen LogP contribution is 2.48. The number of non-ortho nitro benzene ring substituents is 3. The third-order valence-corrected chi connectivity index (χ3v) is 11.2. The maximum absolute atomic E-state index is 12.0. The number of nitrogens with one attached hydrogen (secondary N) is 1. The number of nitrogens with zero attached hydrogens (tertiary/aromatic N) is 4. The van der Waals surface area contributed by atoms with Gasteiger partial charge in [0.05, 0.1) is 31.1 Å². The zero-order chi connectivity index (χ0) is 40.5. The molecule has 0 spiro atoms. The quantitative estimate of drug-likeness (QED) is 0.0496. The molecule has 0 fully saturated rings. The van der Waals surface area contributed by atoms with E-state index in [9.17, 15) is 48.1 Å². The number of carboxylic acids is 1. The molecule has 0 aliphatic carbocycles. The second-order valence-corrected chi connectivity index (χ2v) is 16.1. The lowest BCUT2D eigenvalue weighted by atomic mass is 9.80. The minimum atomic E-state index is -4.46. The fraction of sp³-hybridized carbons (Fsp3) is 0.342. The van der Waals surface area contributed by atoms with Crippen LogP contribution in [0, 0.1) is 30.3 Å². The molecule has 3 aromatic carbocycles. The molecule has 0 saturated carbocycles. The molecule has 2 aliphatic heterocycles. The van der Waals surface area contributed by atoms with E-state index in [0.717, 1.165) is 28.0 Å². The van der Waals surface area contributed by atoms with Gasteiger partial charge < -0.3 is 10.0 Å². The van der Waals surface area contributed by atoms with Crippen LogP contribution in [0.4, 0.5) is 28.4 Å². The second kappa shape index (κ2) is 15.5. The van der Waals surface area contributed by atoms with Crippen LogP contribution in [0.2, 0.25) is 0 Å². The molecule has 2 heterocycles. The summed E-state index contributed by atoms with van der Waals surface area (Å²) in [5.41, 5.74) is 1.78. The van der Waals surface area contributed by atoms with E-state index < -0.39 is 53.1 Å². The summed E-state index contributed by atoms with van der Waals surface area (Å²) in [7, 11) is -4.46. The predicted octanol–water partition coefficient (Wildman–Crippen LogP) is 6.47. The maximum atomic E-state index is 12.0. The van der Waals surface area contributed by atoms with E-state index >= 15 is 0 Å². The standard InChI is InChI=1S/C38H41N5O11S/c1-37(2)30-22-26(41(46)47)14-16-33(30)40(24-25-19-27(42(48)49)21-28(20-25)43(50)51)35(37)12-8-5-7-11-34-38(3,4)31-23-29(55(52,53)54)15-17-32(31)39(34)18-10-6-9-13-36(44)45/h5,7-8,11-12,14-17,19-23,35H,6,9-10,13,18,24H2,1-4H3,(H,44,45)(H,52,53,54)/p+1/b7-5+,12-8+,34-11-. The number of aliphatic carboxylic acids is 1. The van der Waals surface area contributed by atoms with E-state index in [1.807, 2.05) is 52.0 Å². The molecule has 0 saturated heterocycles. The first-order valence-electron chi connectivity index (χ1n) is 17.5. The average Bonchev–Trinajstić information content (AvgIpc) is 3.44. The number of fused-ring (bicyclic) bond motifs is 2. The van der Waals surface area contributed by atoms with Crippen LogP contribution in [0.1, 0.15) is 70.1 Å². The molecule has 5 rings (SSSR count). The van der Waals surface area contributed by atoms with Gasteiger partial charge in [0.15, 0.2) is 0 Å². The highest BCUT2D eigenvalue weighted by atomic mass is 32.2. The molecule has 16 nitrogen and oxygen atoms in total. The van der Waals surface area contributed by atoms with Crippen LogP contribution >= 0.6 is 0 Å². The normalized spacial score (nSPS) is 19.2. The van der Waals surface area contributed by atoms with Gasteiger partial charge in [-0.1, -0.05) is 38.5 Å². The third kappa shape index (κ3) is 8.48. The van der Waals surface area contributed by atoms with Crippen molar-refractivity contribution < 1.29 is 42.5 Å². The number of unbranched alkanes of at least 4 members (excludes halogenated alkanes) is 2. The summed E-state index contributed by atoms with van der Waals surface area (Å²) in [5.74, 6) is -0.868. The van der Waals surface area contributed by atoms with Crippen LogP contribution in [0.25, 0.3) is 0 Å². The Morgan fingerprint density at radius 1 is 0.836 bits per heavy atom. The summed E-state index contributed by atoms with van der Waals surface area (Å²) in [5, 5.41) is 44.0. The molecule has 0 aromatic heterocycles. The molecular weight excluding hydrogens is 735 g/mol. The van der Waals surface area contributed by atoms with E-state index in [1.54, 1.807) is 18.2 Å². The van der Waals surface area contributed by atoms with Crippen molar-refractivity contribution >= 4 is 44.5 Å². The minimum absolute atomic E-state index is 0.0572. The van der Waals surface area contributed by atoms with Gasteiger partial charge in [-0.05, 0) is 62.6 Å². The first-order valence-corrected chi connectivity index (χ1v) is 18.9. The molecule has 290 valence electrons. The summed E-state index contributed by atoms with van der Waals surface area (Å²) < 4.78 is 33.8. The van der Waals surface area contributed by atoms with Crippen molar-refractivity contribution in [3.05, 3.63) is 138 Å². The van der Waals surface area contributed by atoms with Gasteiger partial charge in [0.2, 0.25) is 0 Å². The molecule has 2 atom stereocenters. The molecule has 55 heavy (non-hydrogen) atoms. The van der Waals surface area contributed by atoms with Crippen LogP contribution < -0.4 is 9.80 Å². The number of nitro benzene ring substituents is 3. The second-order valence-electron chi connectivity index (χ2n) is 14.7. The lowest BCUT2D eigenvalue weighted by Crippen LogP contribution is -3.09. The van der Waals surface area contributed by atoms with E-state index in [2.05, 4.69) is 4.90 Å². The summed E-state index contributed by atoms with van der Waals surface area (Å²) in [6, 6.07) is 12.1. The van der Waals surface area contributed by atoms with Crippen LogP contribution in [0.3, 0.4) is 0 Å². The van der Waals surface area contributed by atoms with Gasteiger partial charge >= 0.3 is 5.97 Å². The number of carbonyl (C=O) groups is 1. The van der Waals surface area contributed by atoms with Gasteiger partial charge in [0.25, 0.3) is 27.2 Å². The fourth-order valence-corrected chi connectivity index (χ4v) is 8.15. The Balaban J connectivity index is 1.49. The number of quaternary nitrogens is 1. The largest absolute Gasteiger partial charge is 0.481 e. The fourth-order valence-electron chi connectivity index (χ4n) is 7.65. The van der Waals surface area contributed by atoms with Gasteiger partial charge in [-0.25, -0.2) is 0 Å². The summed E-state index contributed by atoms with van der Waals surface area (Å²) >= 11 is 0. The zero-order valence-corrected chi connectivity index (χ0v) is 31.5. The SMILES string of the molecule is CC1(C)/C(=C/C=C/C=C/C2[NH+](Cc3cc([N+](=O)[O-])cc([N+](=O)[O-])c3)c3ccc([N+](=O)[O-])cc3C2(C)C)N(CCCCCC(=O)O)c2ccc(S(=O)(=O)O)cc21. The maximum Gasteiger partial charge on any atom is 0.303 e. The Kier molecular flexibility index (Phi) is 11.4. The Morgan fingerprint density at radius 2 is 1.49 bits per heavy atom.